The van der Waals surface area contributed by atoms with Gasteiger partial charge in [-0.1, -0.05) is 67.9 Å². The van der Waals surface area contributed by atoms with Crippen LogP contribution in [0.3, 0.4) is 0 Å². The normalized spacial score (nSPS) is 15.9. The number of hydrogen-bond donors (Lipinski definition) is 0. The van der Waals surface area contributed by atoms with Gasteiger partial charge in [0.15, 0.2) is 17.3 Å². The highest BCUT2D eigenvalue weighted by Crippen LogP contribution is 2.39. The predicted molar refractivity (Wildman–Crippen MR) is 112 cm³/mol. The SMILES string of the molecule is CC[C@@H](C[C@@H](C)C1=CC=CCC1=O)c1ccc(Cl)c(Oc2ccccc2)c1F. The molecule has 3 rings (SSSR count). The van der Waals surface area contributed by atoms with Crippen molar-refractivity contribution >= 4 is 17.4 Å². The number of allylic oxidation sites excluding steroid dienone is 4. The number of benzene rings is 2. The van der Waals surface area contributed by atoms with E-state index in [4.69, 9.17) is 16.3 Å². The van der Waals surface area contributed by atoms with Gasteiger partial charge in [-0.2, -0.15) is 0 Å². The molecule has 4 heteroatoms. The van der Waals surface area contributed by atoms with Gasteiger partial charge < -0.3 is 4.74 Å². The molecular weight excluding hydrogens is 375 g/mol. The van der Waals surface area contributed by atoms with Crippen molar-refractivity contribution in [1.82, 2.24) is 0 Å². The molecule has 146 valence electrons. The molecule has 0 amide bonds. The van der Waals surface area contributed by atoms with Gasteiger partial charge in [0.25, 0.3) is 0 Å². The van der Waals surface area contributed by atoms with Gasteiger partial charge in [0.05, 0.1) is 5.02 Å². The minimum Gasteiger partial charge on any atom is -0.453 e. The molecular formula is C24H24ClFO2. The molecule has 0 radical (unpaired) electrons. The number of halogens is 2. The Kier molecular flexibility index (Phi) is 6.69. The Bertz CT molecular complexity index is 902. The molecule has 0 spiro atoms. The van der Waals surface area contributed by atoms with Crippen LogP contribution >= 0.6 is 11.6 Å². The third kappa shape index (κ3) is 4.53. The van der Waals surface area contributed by atoms with Gasteiger partial charge >= 0.3 is 0 Å². The van der Waals surface area contributed by atoms with E-state index in [1.165, 1.54) is 0 Å². The first-order valence-corrected chi connectivity index (χ1v) is 9.99. The number of hydrogen-bond acceptors (Lipinski definition) is 2. The van der Waals surface area contributed by atoms with Crippen LogP contribution in [0, 0.1) is 11.7 Å². The number of carbonyl (C=O) groups is 1. The van der Waals surface area contributed by atoms with Crippen molar-refractivity contribution in [2.45, 2.75) is 39.0 Å². The number of para-hydroxylation sites is 1. The average Bonchev–Trinajstić information content (AvgIpc) is 2.71. The zero-order valence-corrected chi connectivity index (χ0v) is 16.9. The summed E-state index contributed by atoms with van der Waals surface area (Å²) in [6, 6.07) is 12.4. The van der Waals surface area contributed by atoms with E-state index in [1.54, 1.807) is 24.3 Å². The van der Waals surface area contributed by atoms with Crippen molar-refractivity contribution in [2.75, 3.05) is 0 Å². The van der Waals surface area contributed by atoms with Crippen LogP contribution < -0.4 is 4.74 Å². The monoisotopic (exact) mass is 398 g/mol. The largest absolute Gasteiger partial charge is 0.453 e. The van der Waals surface area contributed by atoms with E-state index in [0.717, 1.165) is 12.0 Å². The number of Topliss-reactive ketones (excluding diaryl/α,β-unsaturated/α-hetero) is 1. The summed E-state index contributed by atoms with van der Waals surface area (Å²) in [5.74, 6) is 0.314. The van der Waals surface area contributed by atoms with Gasteiger partial charge in [-0.3, -0.25) is 4.79 Å². The molecule has 0 fully saturated rings. The molecule has 0 saturated carbocycles. The van der Waals surface area contributed by atoms with Crippen molar-refractivity contribution in [3.8, 4) is 11.5 Å². The molecule has 0 aliphatic heterocycles. The number of ether oxygens (including phenoxy) is 1. The highest BCUT2D eigenvalue weighted by Gasteiger charge is 2.25. The summed E-state index contributed by atoms with van der Waals surface area (Å²) in [4.78, 5) is 12.2. The number of rotatable bonds is 7. The third-order valence-corrected chi connectivity index (χ3v) is 5.48. The van der Waals surface area contributed by atoms with Gasteiger partial charge in [0.2, 0.25) is 0 Å². The second-order valence-electron chi connectivity index (χ2n) is 7.11. The van der Waals surface area contributed by atoms with Crippen LogP contribution in [0.5, 0.6) is 11.5 Å². The van der Waals surface area contributed by atoms with Crippen LogP contribution in [0.15, 0.2) is 66.3 Å². The van der Waals surface area contributed by atoms with Crippen molar-refractivity contribution < 1.29 is 13.9 Å². The van der Waals surface area contributed by atoms with E-state index < -0.39 is 5.82 Å². The summed E-state index contributed by atoms with van der Waals surface area (Å²) in [5.41, 5.74) is 1.39. The first kappa shape index (κ1) is 20.3. The summed E-state index contributed by atoms with van der Waals surface area (Å²) in [5, 5.41) is 0.239. The lowest BCUT2D eigenvalue weighted by atomic mass is 9.81. The van der Waals surface area contributed by atoms with Crippen molar-refractivity contribution in [2.24, 2.45) is 5.92 Å². The summed E-state index contributed by atoms with van der Waals surface area (Å²) in [7, 11) is 0. The summed E-state index contributed by atoms with van der Waals surface area (Å²) >= 11 is 6.22. The zero-order chi connectivity index (χ0) is 20.1. The predicted octanol–water partition coefficient (Wildman–Crippen LogP) is 7.25. The second-order valence-corrected chi connectivity index (χ2v) is 7.52. The molecule has 0 saturated heterocycles. The topological polar surface area (TPSA) is 26.3 Å². The Morgan fingerprint density at radius 2 is 1.93 bits per heavy atom. The Morgan fingerprint density at radius 3 is 2.61 bits per heavy atom. The van der Waals surface area contributed by atoms with E-state index in [9.17, 15) is 4.79 Å². The van der Waals surface area contributed by atoms with Crippen LogP contribution in [0.4, 0.5) is 4.39 Å². The fourth-order valence-electron chi connectivity index (χ4n) is 3.63. The van der Waals surface area contributed by atoms with Gasteiger partial charge in [0.1, 0.15) is 5.75 Å². The Labute approximate surface area is 170 Å². The molecule has 0 N–H and O–H groups in total. The minimum atomic E-state index is -0.431. The van der Waals surface area contributed by atoms with Crippen LogP contribution in [-0.2, 0) is 4.79 Å². The fraction of sp³-hybridized carbons (Fsp3) is 0.292. The molecule has 1 aliphatic carbocycles. The van der Waals surface area contributed by atoms with Crippen molar-refractivity contribution in [1.29, 1.82) is 0 Å². The molecule has 0 unspecified atom stereocenters. The Balaban J connectivity index is 1.86. The third-order valence-electron chi connectivity index (χ3n) is 5.18. The van der Waals surface area contributed by atoms with Gasteiger partial charge in [0, 0.05) is 6.42 Å². The standard InChI is InChI=1S/C24H24ClFO2/c1-3-17(15-16(2)19-11-7-8-12-22(19)27)20-13-14-21(25)24(23(20)26)28-18-9-5-4-6-10-18/h4-11,13-14,16-17H,3,12,15H2,1-2H3/t16-,17+/m1/s1. The first-order valence-electron chi connectivity index (χ1n) is 9.62. The van der Waals surface area contributed by atoms with Crippen molar-refractivity contribution in [3.63, 3.8) is 0 Å². The Hall–Kier alpha value is -2.39. The van der Waals surface area contributed by atoms with E-state index in [0.29, 0.717) is 24.2 Å². The molecule has 1 aliphatic rings. The summed E-state index contributed by atoms with van der Waals surface area (Å²) in [6.45, 7) is 4.06. The molecule has 0 aromatic heterocycles. The number of ketones is 1. The van der Waals surface area contributed by atoms with E-state index in [-0.39, 0.29) is 28.4 Å². The molecule has 28 heavy (non-hydrogen) atoms. The zero-order valence-electron chi connectivity index (χ0n) is 16.1. The number of carbonyl (C=O) groups excluding carboxylic acids is 1. The first-order chi connectivity index (χ1) is 13.5. The maximum atomic E-state index is 15.3. The summed E-state index contributed by atoms with van der Waals surface area (Å²) in [6.07, 6.45) is 7.55. The minimum absolute atomic E-state index is 0.0370. The average molecular weight is 399 g/mol. The smallest absolute Gasteiger partial charge is 0.181 e. The maximum Gasteiger partial charge on any atom is 0.181 e. The van der Waals surface area contributed by atoms with Crippen LogP contribution in [0.1, 0.15) is 44.6 Å². The molecule has 2 atom stereocenters. The van der Waals surface area contributed by atoms with Crippen molar-refractivity contribution in [3.05, 3.63) is 82.7 Å². The fourth-order valence-corrected chi connectivity index (χ4v) is 3.81. The lowest BCUT2D eigenvalue weighted by molar-refractivity contribution is -0.115. The van der Waals surface area contributed by atoms with Gasteiger partial charge in [-0.15, -0.1) is 0 Å². The quantitative estimate of drug-likeness (QED) is 0.491. The van der Waals surface area contributed by atoms with Crippen LogP contribution in [0.2, 0.25) is 5.02 Å². The molecule has 0 heterocycles. The van der Waals surface area contributed by atoms with Gasteiger partial charge in [-0.05, 0) is 54.0 Å². The van der Waals surface area contributed by atoms with E-state index in [2.05, 4.69) is 0 Å². The highest BCUT2D eigenvalue weighted by molar-refractivity contribution is 6.32. The summed E-state index contributed by atoms with van der Waals surface area (Å²) < 4.78 is 21.1. The lowest BCUT2D eigenvalue weighted by Crippen LogP contribution is -2.15. The highest BCUT2D eigenvalue weighted by atomic mass is 35.5. The molecule has 2 aromatic rings. The molecule has 0 bridgehead atoms. The molecule has 2 nitrogen and oxygen atoms in total. The maximum absolute atomic E-state index is 15.3. The van der Waals surface area contributed by atoms with E-state index >= 15 is 4.39 Å². The molecule has 2 aromatic carbocycles. The second kappa shape index (κ2) is 9.20. The van der Waals surface area contributed by atoms with Gasteiger partial charge in [-0.25, -0.2) is 4.39 Å². The lowest BCUT2D eigenvalue weighted by Gasteiger charge is -2.24. The van der Waals surface area contributed by atoms with Crippen LogP contribution in [-0.4, -0.2) is 5.78 Å². The van der Waals surface area contributed by atoms with E-state index in [1.807, 2.05) is 50.3 Å². The van der Waals surface area contributed by atoms with Crippen LogP contribution in [0.25, 0.3) is 0 Å². The Morgan fingerprint density at radius 1 is 1.18 bits per heavy atom.